The fourth-order valence-corrected chi connectivity index (χ4v) is 1.12. The van der Waals surface area contributed by atoms with Crippen LogP contribution in [0.25, 0.3) is 0 Å². The molecule has 0 saturated carbocycles. The zero-order chi connectivity index (χ0) is 10.7. The maximum atomic E-state index is 10.8. The summed E-state index contributed by atoms with van der Waals surface area (Å²) < 4.78 is 0. The smallest absolute Gasteiger partial charge is 0.222 e. The van der Waals surface area contributed by atoms with Crippen molar-refractivity contribution in [3.05, 3.63) is 23.4 Å². The summed E-state index contributed by atoms with van der Waals surface area (Å²) in [7, 11) is 0. The summed E-state index contributed by atoms with van der Waals surface area (Å²) in [6.45, 7) is 4.95. The van der Waals surface area contributed by atoms with E-state index in [1.807, 2.05) is 13.0 Å². The molecule has 4 heteroatoms. The lowest BCUT2D eigenvalue weighted by Crippen LogP contribution is -2.09. The molecule has 14 heavy (non-hydrogen) atoms. The summed E-state index contributed by atoms with van der Waals surface area (Å²) in [5, 5.41) is 11.9. The van der Waals surface area contributed by atoms with Crippen molar-refractivity contribution in [2.24, 2.45) is 0 Å². The Bertz CT molecular complexity index is 348. The van der Waals surface area contributed by atoms with Crippen LogP contribution in [0.1, 0.15) is 31.1 Å². The van der Waals surface area contributed by atoms with E-state index in [-0.39, 0.29) is 5.91 Å². The van der Waals surface area contributed by atoms with E-state index < -0.39 is 6.10 Å². The molecule has 0 radical (unpaired) electrons. The Hall–Kier alpha value is -1.42. The maximum Gasteiger partial charge on any atom is 0.222 e. The molecule has 0 aliphatic carbocycles. The van der Waals surface area contributed by atoms with E-state index in [2.05, 4.69) is 10.3 Å². The van der Waals surface area contributed by atoms with Gasteiger partial charge in [0.05, 0.1) is 6.10 Å². The van der Waals surface area contributed by atoms with Gasteiger partial charge < -0.3 is 10.4 Å². The molecular formula is C10H14N2O2. The van der Waals surface area contributed by atoms with Crippen LogP contribution < -0.4 is 5.32 Å². The van der Waals surface area contributed by atoms with Crippen LogP contribution in [-0.2, 0) is 4.79 Å². The first kappa shape index (κ1) is 10.7. The number of nitrogens with zero attached hydrogens (tertiary/aromatic N) is 1. The van der Waals surface area contributed by atoms with Crippen LogP contribution in [-0.4, -0.2) is 16.0 Å². The van der Waals surface area contributed by atoms with Gasteiger partial charge in [0.2, 0.25) is 5.91 Å². The minimum absolute atomic E-state index is 0.148. The number of aliphatic hydroxyl groups is 1. The standard InChI is InChI=1S/C10H14N2O2/c1-6-4-9(7(2)13)5-11-10(6)12-8(3)14/h4-5,7,13H,1-3H3,(H,11,12,14)/t7-/m0/s1. The third-order valence-corrected chi connectivity index (χ3v) is 1.88. The molecule has 1 aromatic rings. The molecule has 2 N–H and O–H groups in total. The number of aliphatic hydroxyl groups excluding tert-OH is 1. The van der Waals surface area contributed by atoms with Gasteiger partial charge in [0.1, 0.15) is 5.82 Å². The third-order valence-electron chi connectivity index (χ3n) is 1.88. The molecule has 1 amide bonds. The highest BCUT2D eigenvalue weighted by molar-refractivity contribution is 5.88. The fraction of sp³-hybridized carbons (Fsp3) is 0.400. The Morgan fingerprint density at radius 2 is 2.29 bits per heavy atom. The number of rotatable bonds is 2. The van der Waals surface area contributed by atoms with Crippen molar-refractivity contribution in [1.29, 1.82) is 0 Å². The van der Waals surface area contributed by atoms with E-state index in [1.54, 1.807) is 13.1 Å². The van der Waals surface area contributed by atoms with E-state index >= 15 is 0 Å². The van der Waals surface area contributed by atoms with Crippen molar-refractivity contribution >= 4 is 11.7 Å². The van der Waals surface area contributed by atoms with Gasteiger partial charge in [0.15, 0.2) is 0 Å². The molecule has 4 nitrogen and oxygen atoms in total. The molecular weight excluding hydrogens is 180 g/mol. The SMILES string of the molecule is CC(=O)Nc1ncc([C@H](C)O)cc1C. The zero-order valence-electron chi connectivity index (χ0n) is 8.53. The lowest BCUT2D eigenvalue weighted by atomic mass is 10.1. The van der Waals surface area contributed by atoms with Crippen molar-refractivity contribution in [3.8, 4) is 0 Å². The van der Waals surface area contributed by atoms with Crippen LogP contribution in [0.3, 0.4) is 0 Å². The molecule has 0 aliphatic rings. The van der Waals surface area contributed by atoms with Crippen LogP contribution >= 0.6 is 0 Å². The van der Waals surface area contributed by atoms with Gasteiger partial charge in [-0.25, -0.2) is 4.98 Å². The molecule has 1 heterocycles. The van der Waals surface area contributed by atoms with Gasteiger partial charge >= 0.3 is 0 Å². The quantitative estimate of drug-likeness (QED) is 0.748. The number of carbonyl (C=O) groups excluding carboxylic acids is 1. The van der Waals surface area contributed by atoms with E-state index in [9.17, 15) is 9.90 Å². The summed E-state index contributed by atoms with van der Waals surface area (Å²) in [6.07, 6.45) is 1.02. The van der Waals surface area contributed by atoms with Crippen LogP contribution in [0, 0.1) is 6.92 Å². The monoisotopic (exact) mass is 194 g/mol. The zero-order valence-corrected chi connectivity index (χ0v) is 8.53. The van der Waals surface area contributed by atoms with Crippen LogP contribution in [0.15, 0.2) is 12.3 Å². The lowest BCUT2D eigenvalue weighted by molar-refractivity contribution is -0.114. The first-order chi connectivity index (χ1) is 6.50. The molecule has 0 bridgehead atoms. The second-order valence-corrected chi connectivity index (χ2v) is 3.29. The summed E-state index contributed by atoms with van der Waals surface area (Å²) in [4.78, 5) is 14.8. The molecule has 1 atom stereocenters. The molecule has 0 spiro atoms. The van der Waals surface area contributed by atoms with Gasteiger partial charge in [0, 0.05) is 13.1 Å². The van der Waals surface area contributed by atoms with Crippen molar-refractivity contribution in [3.63, 3.8) is 0 Å². The van der Waals surface area contributed by atoms with Gasteiger partial charge in [-0.3, -0.25) is 4.79 Å². The van der Waals surface area contributed by atoms with Gasteiger partial charge in [-0.05, 0) is 31.0 Å². The number of pyridine rings is 1. The molecule has 1 aromatic heterocycles. The molecule has 1 rings (SSSR count). The first-order valence-electron chi connectivity index (χ1n) is 4.43. The van der Waals surface area contributed by atoms with E-state index in [4.69, 9.17) is 0 Å². The fourth-order valence-electron chi connectivity index (χ4n) is 1.12. The maximum absolute atomic E-state index is 10.8. The highest BCUT2D eigenvalue weighted by Crippen LogP contribution is 2.17. The lowest BCUT2D eigenvalue weighted by Gasteiger charge is -2.09. The molecule has 0 fully saturated rings. The largest absolute Gasteiger partial charge is 0.389 e. The van der Waals surface area contributed by atoms with Crippen LogP contribution in [0.5, 0.6) is 0 Å². The number of hydrogen-bond donors (Lipinski definition) is 2. The van der Waals surface area contributed by atoms with E-state index in [1.165, 1.54) is 6.92 Å². The predicted molar refractivity (Wildman–Crippen MR) is 53.9 cm³/mol. The van der Waals surface area contributed by atoms with Crippen molar-refractivity contribution in [2.45, 2.75) is 26.9 Å². The third kappa shape index (κ3) is 2.53. The van der Waals surface area contributed by atoms with Gasteiger partial charge in [-0.15, -0.1) is 0 Å². The Morgan fingerprint density at radius 1 is 1.64 bits per heavy atom. The number of amides is 1. The molecule has 0 saturated heterocycles. The van der Waals surface area contributed by atoms with E-state index in [0.29, 0.717) is 5.82 Å². The topological polar surface area (TPSA) is 62.2 Å². The normalized spacial score (nSPS) is 12.3. The molecule has 0 unspecified atom stereocenters. The van der Waals surface area contributed by atoms with E-state index in [0.717, 1.165) is 11.1 Å². The second kappa shape index (κ2) is 4.19. The Balaban J connectivity index is 2.95. The van der Waals surface area contributed by atoms with Gasteiger partial charge in [-0.2, -0.15) is 0 Å². The highest BCUT2D eigenvalue weighted by Gasteiger charge is 2.06. The van der Waals surface area contributed by atoms with Crippen LogP contribution in [0.4, 0.5) is 5.82 Å². The predicted octanol–water partition coefficient (Wildman–Crippen LogP) is 1.40. The summed E-state index contributed by atoms with van der Waals surface area (Å²) in [5.41, 5.74) is 1.59. The number of aryl methyl sites for hydroxylation is 1. The minimum Gasteiger partial charge on any atom is -0.389 e. The average molecular weight is 194 g/mol. The average Bonchev–Trinajstić information content (AvgIpc) is 2.07. The molecule has 0 aliphatic heterocycles. The number of anilines is 1. The number of hydrogen-bond acceptors (Lipinski definition) is 3. The van der Waals surface area contributed by atoms with Crippen molar-refractivity contribution in [2.75, 3.05) is 5.32 Å². The summed E-state index contributed by atoms with van der Waals surface area (Å²) in [5.74, 6) is 0.396. The Labute approximate surface area is 83.0 Å². The Morgan fingerprint density at radius 3 is 2.71 bits per heavy atom. The van der Waals surface area contributed by atoms with Crippen molar-refractivity contribution < 1.29 is 9.90 Å². The van der Waals surface area contributed by atoms with Crippen LogP contribution in [0.2, 0.25) is 0 Å². The van der Waals surface area contributed by atoms with Gasteiger partial charge in [0.25, 0.3) is 0 Å². The molecule has 0 aromatic carbocycles. The number of nitrogens with one attached hydrogen (secondary N) is 1. The number of carbonyl (C=O) groups is 1. The molecule has 76 valence electrons. The first-order valence-corrected chi connectivity index (χ1v) is 4.43. The Kier molecular flexibility index (Phi) is 3.19. The minimum atomic E-state index is -0.535. The number of aromatic nitrogens is 1. The van der Waals surface area contributed by atoms with Crippen molar-refractivity contribution in [1.82, 2.24) is 4.98 Å². The highest BCUT2D eigenvalue weighted by atomic mass is 16.3. The van der Waals surface area contributed by atoms with Gasteiger partial charge in [-0.1, -0.05) is 0 Å². The summed E-state index contributed by atoms with van der Waals surface area (Å²) >= 11 is 0. The second-order valence-electron chi connectivity index (χ2n) is 3.29. The summed E-state index contributed by atoms with van der Waals surface area (Å²) in [6, 6.07) is 1.81.